The second-order valence-electron chi connectivity index (χ2n) is 3.52. The van der Waals surface area contributed by atoms with Crippen LogP contribution < -0.4 is 0 Å². The molecule has 0 saturated carbocycles. The fourth-order valence-electron chi connectivity index (χ4n) is 1.40. The van der Waals surface area contributed by atoms with E-state index in [9.17, 15) is 0 Å². The largest absolute Gasteiger partial charge is 2.00 e. The number of hydrogen-bond acceptors (Lipinski definition) is 3. The first kappa shape index (κ1) is 16.4. The molecule has 8 heteroatoms. The zero-order valence-corrected chi connectivity index (χ0v) is 13.1. The third kappa shape index (κ3) is 3.91. The van der Waals surface area contributed by atoms with Gasteiger partial charge in [-0.15, -0.1) is 0 Å². The van der Waals surface area contributed by atoms with Gasteiger partial charge in [0.2, 0.25) is 4.77 Å². The molecule has 1 aromatic carbocycles. The summed E-state index contributed by atoms with van der Waals surface area (Å²) < 4.78 is 2.02. The van der Waals surface area contributed by atoms with E-state index in [0.29, 0.717) is 14.8 Å². The van der Waals surface area contributed by atoms with Gasteiger partial charge in [-0.1, -0.05) is 36.2 Å². The molecule has 0 aliphatic rings. The molecule has 103 valence electrons. The quantitative estimate of drug-likeness (QED) is 0.513. The summed E-state index contributed by atoms with van der Waals surface area (Å²) in [6.07, 6.45) is 2.36. The topological polar surface area (TPSA) is 46.0 Å². The standard InChI is InChI=1S/C11H10Cl2N4S.Cu/c1-2-10-15-16-11(18)17(10)14-6-7-3-4-8(12)5-9(7)13;/h3-6H,2H2,1H3,(H,16,18);/q;+2. The third-order valence-electron chi connectivity index (χ3n) is 2.31. The second kappa shape index (κ2) is 7.22. The summed E-state index contributed by atoms with van der Waals surface area (Å²) in [5.74, 6) is 0.765. The van der Waals surface area contributed by atoms with Crippen LogP contribution in [0.1, 0.15) is 18.3 Å². The van der Waals surface area contributed by atoms with Gasteiger partial charge in [-0.2, -0.15) is 14.9 Å². The van der Waals surface area contributed by atoms with Gasteiger partial charge in [-0.3, -0.25) is 5.10 Å². The van der Waals surface area contributed by atoms with Crippen molar-refractivity contribution in [2.75, 3.05) is 0 Å². The SMILES string of the molecule is CCc1n[nH]c(=S)n1N=Cc1ccc(Cl)cc1Cl.[Cu+2]. The van der Waals surface area contributed by atoms with Crippen molar-refractivity contribution in [2.24, 2.45) is 5.10 Å². The van der Waals surface area contributed by atoms with Crippen molar-refractivity contribution in [2.45, 2.75) is 13.3 Å². The van der Waals surface area contributed by atoms with Gasteiger partial charge in [0.1, 0.15) is 0 Å². The molecule has 0 amide bonds. The molecule has 0 aliphatic heterocycles. The Morgan fingerprint density at radius 2 is 2.21 bits per heavy atom. The maximum Gasteiger partial charge on any atom is 2.00 e. The summed E-state index contributed by atoms with van der Waals surface area (Å²) in [7, 11) is 0. The Morgan fingerprint density at radius 1 is 1.47 bits per heavy atom. The molecule has 0 saturated heterocycles. The first-order valence-electron chi connectivity index (χ1n) is 5.27. The van der Waals surface area contributed by atoms with Crippen molar-refractivity contribution in [3.63, 3.8) is 0 Å². The van der Waals surface area contributed by atoms with E-state index in [0.717, 1.165) is 17.8 Å². The van der Waals surface area contributed by atoms with Crippen LogP contribution in [0.3, 0.4) is 0 Å². The van der Waals surface area contributed by atoms with Gasteiger partial charge in [-0.25, -0.2) is 0 Å². The Kier molecular flexibility index (Phi) is 6.23. The summed E-state index contributed by atoms with van der Waals surface area (Å²) in [5, 5.41) is 12.2. The summed E-state index contributed by atoms with van der Waals surface area (Å²) in [4.78, 5) is 0. The van der Waals surface area contributed by atoms with E-state index in [2.05, 4.69) is 15.3 Å². The van der Waals surface area contributed by atoms with Crippen LogP contribution >= 0.6 is 35.4 Å². The molecule has 1 radical (unpaired) electrons. The molecule has 0 atom stereocenters. The van der Waals surface area contributed by atoms with E-state index < -0.39 is 0 Å². The van der Waals surface area contributed by atoms with Crippen LogP contribution in [-0.2, 0) is 23.5 Å². The minimum Gasteiger partial charge on any atom is -0.250 e. The predicted molar refractivity (Wildman–Crippen MR) is 76.2 cm³/mol. The van der Waals surface area contributed by atoms with Crippen molar-refractivity contribution in [3.8, 4) is 0 Å². The Hall–Kier alpha value is -0.651. The fraction of sp³-hybridized carbons (Fsp3) is 0.182. The van der Waals surface area contributed by atoms with Crippen LogP contribution in [0, 0.1) is 4.77 Å². The summed E-state index contributed by atoms with van der Waals surface area (Å²) in [6.45, 7) is 1.98. The minimum atomic E-state index is 0. The summed E-state index contributed by atoms with van der Waals surface area (Å²) in [6, 6.07) is 5.22. The molecule has 4 nitrogen and oxygen atoms in total. The molecule has 0 spiro atoms. The molecule has 2 aromatic rings. The van der Waals surface area contributed by atoms with Gasteiger partial charge in [0.05, 0.1) is 11.2 Å². The Bertz CT molecular complexity index is 650. The minimum absolute atomic E-state index is 0. The first-order valence-corrected chi connectivity index (χ1v) is 6.44. The van der Waals surface area contributed by atoms with E-state index in [4.69, 9.17) is 35.4 Å². The van der Waals surface area contributed by atoms with Crippen LogP contribution in [0.25, 0.3) is 0 Å². The number of aryl methyl sites for hydroxylation is 1. The van der Waals surface area contributed by atoms with Crippen LogP contribution in [0.2, 0.25) is 10.0 Å². The molecule has 0 unspecified atom stereocenters. The third-order valence-corrected chi connectivity index (χ3v) is 3.14. The van der Waals surface area contributed by atoms with Crippen molar-refractivity contribution in [1.29, 1.82) is 0 Å². The molecule has 0 fully saturated rings. The number of aromatic nitrogens is 3. The van der Waals surface area contributed by atoms with E-state index in [-0.39, 0.29) is 17.1 Å². The number of nitrogens with zero attached hydrogens (tertiary/aromatic N) is 3. The normalized spacial score (nSPS) is 10.7. The van der Waals surface area contributed by atoms with Crippen molar-refractivity contribution < 1.29 is 17.1 Å². The maximum atomic E-state index is 6.05. The average Bonchev–Trinajstić information content (AvgIpc) is 2.69. The molecule has 1 heterocycles. The number of rotatable bonds is 3. The Labute approximate surface area is 136 Å². The number of H-pyrrole nitrogens is 1. The van der Waals surface area contributed by atoms with Crippen LogP contribution in [0.15, 0.2) is 23.3 Å². The zero-order chi connectivity index (χ0) is 13.1. The second-order valence-corrected chi connectivity index (χ2v) is 4.75. The van der Waals surface area contributed by atoms with E-state index in [1.807, 2.05) is 6.92 Å². The van der Waals surface area contributed by atoms with Crippen molar-refractivity contribution in [1.82, 2.24) is 14.9 Å². The molecular formula is C11H10Cl2CuN4S+2. The molecule has 19 heavy (non-hydrogen) atoms. The van der Waals surface area contributed by atoms with E-state index in [1.54, 1.807) is 29.1 Å². The molecule has 1 N–H and O–H groups in total. The first-order chi connectivity index (χ1) is 8.61. The molecular weight excluding hydrogens is 355 g/mol. The van der Waals surface area contributed by atoms with E-state index in [1.165, 1.54) is 0 Å². The zero-order valence-electron chi connectivity index (χ0n) is 9.82. The number of benzene rings is 1. The van der Waals surface area contributed by atoms with Gasteiger partial charge < -0.3 is 0 Å². The van der Waals surface area contributed by atoms with Gasteiger partial charge >= 0.3 is 17.1 Å². The fourth-order valence-corrected chi connectivity index (χ4v) is 2.05. The Morgan fingerprint density at radius 3 is 2.84 bits per heavy atom. The summed E-state index contributed by atoms with van der Waals surface area (Å²) >= 11 is 17.0. The number of hydrogen-bond donors (Lipinski definition) is 1. The van der Waals surface area contributed by atoms with Crippen LogP contribution in [0.5, 0.6) is 0 Å². The average molecular weight is 365 g/mol. The monoisotopic (exact) mass is 363 g/mol. The molecule has 0 aliphatic carbocycles. The van der Waals surface area contributed by atoms with Gasteiger partial charge in [0, 0.05) is 17.0 Å². The van der Waals surface area contributed by atoms with Crippen LogP contribution in [0.4, 0.5) is 0 Å². The number of nitrogens with one attached hydrogen (secondary N) is 1. The van der Waals surface area contributed by atoms with Crippen molar-refractivity contribution >= 4 is 41.6 Å². The van der Waals surface area contributed by atoms with Gasteiger partial charge in [0.15, 0.2) is 5.82 Å². The van der Waals surface area contributed by atoms with E-state index >= 15 is 0 Å². The maximum absolute atomic E-state index is 6.05. The van der Waals surface area contributed by atoms with Gasteiger partial charge in [-0.05, 0) is 24.4 Å². The summed E-state index contributed by atoms with van der Waals surface area (Å²) in [5.41, 5.74) is 0.770. The Balaban J connectivity index is 0.00000180. The molecule has 0 bridgehead atoms. The number of halogens is 2. The van der Waals surface area contributed by atoms with Crippen molar-refractivity contribution in [3.05, 3.63) is 44.4 Å². The molecule has 1 aromatic heterocycles. The van der Waals surface area contributed by atoms with Gasteiger partial charge in [0.25, 0.3) is 0 Å². The van der Waals surface area contributed by atoms with Crippen LogP contribution in [-0.4, -0.2) is 21.1 Å². The molecule has 2 rings (SSSR count). The smallest absolute Gasteiger partial charge is 0.250 e. The predicted octanol–water partition coefficient (Wildman–Crippen LogP) is 3.69. The number of aromatic amines is 1.